The first-order valence-electron chi connectivity index (χ1n) is 12.0. The van der Waals surface area contributed by atoms with Gasteiger partial charge >= 0.3 is 0 Å². The number of halogens is 1. The molecule has 0 N–H and O–H groups in total. The standard InChI is InChI=1S/C27H27IN4O3S/c1-5-35-16(11-28)9-19-14(2)8-15(12-29)31-23(19)18-6-7-30-20-10-17(36-24(18)20)13-32-25(33)21-22(26(32)34)27(21,3)4/h6-8,10,16,21-22H,5,9,11,13H2,1-4H3. The lowest BCUT2D eigenvalue weighted by molar-refractivity contribution is -0.143. The van der Waals surface area contributed by atoms with Crippen molar-refractivity contribution in [3.8, 4) is 17.3 Å². The number of aryl methyl sites for hydroxylation is 1. The summed E-state index contributed by atoms with van der Waals surface area (Å²) in [5, 5.41) is 9.61. The molecule has 0 aromatic carbocycles. The summed E-state index contributed by atoms with van der Waals surface area (Å²) >= 11 is 3.86. The SMILES string of the molecule is CCOC(CI)Cc1c(C)cc(C#N)nc1-c1ccnc2cc(CN3C(=O)C4C(C3=O)C4(C)C)sc12. The smallest absolute Gasteiger partial charge is 0.234 e. The van der Waals surface area contributed by atoms with Gasteiger partial charge < -0.3 is 4.74 Å². The van der Waals surface area contributed by atoms with Gasteiger partial charge in [0.1, 0.15) is 11.8 Å². The molecule has 3 atom stereocenters. The van der Waals surface area contributed by atoms with Crippen molar-refractivity contribution >= 4 is 56.0 Å². The second kappa shape index (κ2) is 9.47. The van der Waals surface area contributed by atoms with Crippen molar-refractivity contribution in [2.24, 2.45) is 17.3 Å². The highest BCUT2D eigenvalue weighted by atomic mass is 127. The van der Waals surface area contributed by atoms with Crippen LogP contribution in [-0.2, 0) is 27.3 Å². The highest BCUT2D eigenvalue weighted by Crippen LogP contribution is 2.63. The van der Waals surface area contributed by atoms with Crippen LogP contribution in [0.25, 0.3) is 21.5 Å². The van der Waals surface area contributed by atoms with Gasteiger partial charge in [0.05, 0.1) is 40.4 Å². The zero-order valence-corrected chi connectivity index (χ0v) is 23.6. The van der Waals surface area contributed by atoms with Crippen molar-refractivity contribution in [1.82, 2.24) is 14.9 Å². The molecule has 4 heterocycles. The Morgan fingerprint density at radius 2 is 2.00 bits per heavy atom. The number of aromatic nitrogens is 2. The number of hydrogen-bond donors (Lipinski definition) is 0. The van der Waals surface area contributed by atoms with Crippen LogP contribution in [0.2, 0.25) is 0 Å². The Hall–Kier alpha value is -2.42. The average Bonchev–Trinajstić information content (AvgIpc) is 3.10. The van der Waals surface area contributed by atoms with Crippen molar-refractivity contribution < 1.29 is 14.3 Å². The van der Waals surface area contributed by atoms with Crippen LogP contribution in [0.1, 0.15) is 42.5 Å². The van der Waals surface area contributed by atoms with Crippen molar-refractivity contribution in [2.75, 3.05) is 11.0 Å². The topological polar surface area (TPSA) is 96.2 Å². The van der Waals surface area contributed by atoms with Gasteiger partial charge in [0.15, 0.2) is 0 Å². The van der Waals surface area contributed by atoms with E-state index in [1.54, 1.807) is 6.20 Å². The number of rotatable bonds is 8. The number of carbonyl (C=O) groups is 2. The highest BCUT2D eigenvalue weighted by Gasteiger charge is 2.72. The number of piperidine rings is 1. The van der Waals surface area contributed by atoms with E-state index in [1.165, 1.54) is 16.2 Å². The van der Waals surface area contributed by atoms with Crippen molar-refractivity contribution in [3.05, 3.63) is 46.1 Å². The third-order valence-corrected chi connectivity index (χ3v) is 9.52. The second-order valence-corrected chi connectivity index (χ2v) is 12.0. The molecular weight excluding hydrogens is 587 g/mol. The van der Waals surface area contributed by atoms with E-state index in [4.69, 9.17) is 9.72 Å². The second-order valence-electron chi connectivity index (χ2n) is 10.0. The van der Waals surface area contributed by atoms with Crippen LogP contribution in [0.15, 0.2) is 24.4 Å². The summed E-state index contributed by atoms with van der Waals surface area (Å²) in [6.07, 6.45) is 2.48. The molecule has 0 radical (unpaired) electrons. The number of nitrogens with zero attached hydrogens (tertiary/aromatic N) is 4. The van der Waals surface area contributed by atoms with E-state index in [1.807, 2.05) is 45.9 Å². The molecule has 5 rings (SSSR count). The fraction of sp³-hybridized carbons (Fsp3) is 0.444. The number of imide groups is 1. The lowest BCUT2D eigenvalue weighted by Gasteiger charge is -2.19. The molecule has 2 fully saturated rings. The summed E-state index contributed by atoms with van der Waals surface area (Å²) in [4.78, 5) is 37.3. The van der Waals surface area contributed by atoms with E-state index in [0.717, 1.165) is 41.9 Å². The number of hydrogen-bond acceptors (Lipinski definition) is 7. The van der Waals surface area contributed by atoms with E-state index in [0.29, 0.717) is 18.7 Å². The van der Waals surface area contributed by atoms with Gasteiger partial charge in [-0.1, -0.05) is 36.4 Å². The monoisotopic (exact) mass is 614 g/mol. The molecule has 2 amide bonds. The molecule has 0 bridgehead atoms. The predicted octanol–water partition coefficient (Wildman–Crippen LogP) is 5.06. The maximum atomic E-state index is 12.9. The molecule has 0 spiro atoms. The molecule has 36 heavy (non-hydrogen) atoms. The van der Waals surface area contributed by atoms with Crippen LogP contribution < -0.4 is 0 Å². The summed E-state index contributed by atoms with van der Waals surface area (Å²) in [6, 6.07) is 7.89. The molecule has 3 aromatic heterocycles. The summed E-state index contributed by atoms with van der Waals surface area (Å²) in [6.45, 7) is 8.87. The van der Waals surface area contributed by atoms with Crippen LogP contribution in [-0.4, -0.2) is 43.8 Å². The van der Waals surface area contributed by atoms with Crippen LogP contribution in [0.3, 0.4) is 0 Å². The first-order valence-corrected chi connectivity index (χ1v) is 14.4. The van der Waals surface area contributed by atoms with E-state index in [9.17, 15) is 14.9 Å². The molecule has 2 aliphatic rings. The molecule has 7 nitrogen and oxygen atoms in total. The summed E-state index contributed by atoms with van der Waals surface area (Å²) < 4.78 is 7.71. The Bertz CT molecular complexity index is 1400. The molecule has 9 heteroatoms. The molecule has 3 unspecified atom stereocenters. The molecule has 3 aromatic rings. The quantitative estimate of drug-likeness (QED) is 0.200. The number of amides is 2. The van der Waals surface area contributed by atoms with Crippen LogP contribution >= 0.6 is 33.9 Å². The Balaban J connectivity index is 1.53. The number of likely N-dealkylation sites (tertiary alicyclic amines) is 1. The summed E-state index contributed by atoms with van der Waals surface area (Å²) in [5.41, 5.74) is 4.66. The van der Waals surface area contributed by atoms with Crippen molar-refractivity contribution in [3.63, 3.8) is 0 Å². The van der Waals surface area contributed by atoms with Gasteiger partial charge in [-0.05, 0) is 48.6 Å². The first kappa shape index (κ1) is 25.2. The lowest BCUT2D eigenvalue weighted by atomic mass is 9.96. The zero-order chi connectivity index (χ0) is 25.8. The highest BCUT2D eigenvalue weighted by molar-refractivity contribution is 14.1. The minimum Gasteiger partial charge on any atom is -0.377 e. The Labute approximate surface area is 228 Å². The third kappa shape index (κ3) is 4.13. The van der Waals surface area contributed by atoms with Crippen LogP contribution in [0, 0.1) is 35.5 Å². The summed E-state index contributed by atoms with van der Waals surface area (Å²) in [7, 11) is 0. The molecule has 1 saturated carbocycles. The van der Waals surface area contributed by atoms with Gasteiger partial charge in [0.2, 0.25) is 11.8 Å². The molecule has 1 aliphatic heterocycles. The van der Waals surface area contributed by atoms with Gasteiger partial charge in [-0.3, -0.25) is 19.5 Å². The zero-order valence-electron chi connectivity index (χ0n) is 20.7. The normalized spacial score (nSPS) is 21.1. The minimum absolute atomic E-state index is 0.0434. The van der Waals surface area contributed by atoms with E-state index < -0.39 is 0 Å². The van der Waals surface area contributed by atoms with Gasteiger partial charge in [-0.25, -0.2) is 4.98 Å². The third-order valence-electron chi connectivity index (χ3n) is 7.39. The molecular formula is C27H27IN4O3S. The first-order chi connectivity index (χ1) is 17.2. The maximum absolute atomic E-state index is 12.9. The van der Waals surface area contributed by atoms with Crippen molar-refractivity contribution in [1.29, 1.82) is 5.26 Å². The number of thiophene rings is 1. The van der Waals surface area contributed by atoms with E-state index in [-0.39, 0.29) is 41.7 Å². The molecule has 1 aliphatic carbocycles. The number of ether oxygens (including phenoxy) is 1. The van der Waals surface area contributed by atoms with Crippen molar-refractivity contribution in [2.45, 2.75) is 46.8 Å². The fourth-order valence-corrected chi connectivity index (χ4v) is 7.11. The van der Waals surface area contributed by atoms with Gasteiger partial charge in [0, 0.05) is 34.1 Å². The maximum Gasteiger partial charge on any atom is 0.234 e. The predicted molar refractivity (Wildman–Crippen MR) is 147 cm³/mol. The Kier molecular flexibility index (Phi) is 6.64. The van der Waals surface area contributed by atoms with Gasteiger partial charge in [0.25, 0.3) is 0 Å². The molecule has 1 saturated heterocycles. The Morgan fingerprint density at radius 1 is 1.28 bits per heavy atom. The summed E-state index contributed by atoms with van der Waals surface area (Å²) in [5.74, 6) is -0.508. The number of nitriles is 1. The largest absolute Gasteiger partial charge is 0.377 e. The fourth-order valence-electron chi connectivity index (χ4n) is 5.43. The number of pyridine rings is 2. The van der Waals surface area contributed by atoms with Crippen LogP contribution in [0.5, 0.6) is 0 Å². The lowest BCUT2D eigenvalue weighted by Crippen LogP contribution is -2.35. The average molecular weight is 615 g/mol. The van der Waals surface area contributed by atoms with Gasteiger partial charge in [-0.2, -0.15) is 5.26 Å². The van der Waals surface area contributed by atoms with E-state index >= 15 is 0 Å². The van der Waals surface area contributed by atoms with Crippen LogP contribution in [0.4, 0.5) is 0 Å². The number of carbonyl (C=O) groups excluding carboxylic acids is 2. The number of fused-ring (bicyclic) bond motifs is 2. The van der Waals surface area contributed by atoms with Gasteiger partial charge in [-0.15, -0.1) is 11.3 Å². The van der Waals surface area contributed by atoms with E-state index in [2.05, 4.69) is 33.6 Å². The number of alkyl halides is 1. The minimum atomic E-state index is -0.220. The Morgan fingerprint density at radius 3 is 2.64 bits per heavy atom. The molecule has 186 valence electrons.